The van der Waals surface area contributed by atoms with Crippen LogP contribution in [-0.2, 0) is 28.6 Å². The average molecular weight is 467 g/mol. The molecule has 1 rings (SSSR count). The molecule has 0 saturated heterocycles. The number of rotatable bonds is 8. The van der Waals surface area contributed by atoms with Crippen molar-refractivity contribution in [3.8, 4) is 0 Å². The predicted molar refractivity (Wildman–Crippen MR) is 119 cm³/mol. The van der Waals surface area contributed by atoms with Crippen LogP contribution in [0, 0.1) is 0 Å². The van der Waals surface area contributed by atoms with Crippen molar-refractivity contribution >= 4 is 23.9 Å². The smallest absolute Gasteiger partial charge is 0.408 e. The van der Waals surface area contributed by atoms with E-state index in [4.69, 9.17) is 14.2 Å². The largest absolute Gasteiger partial charge is 0.467 e. The Morgan fingerprint density at radius 3 is 1.94 bits per heavy atom. The lowest BCUT2D eigenvalue weighted by molar-refractivity contribution is -0.156. The normalized spacial score (nSPS) is 14.3. The van der Waals surface area contributed by atoms with Gasteiger partial charge in [0.15, 0.2) is 6.04 Å². The number of alkyl carbamates (subject to hydrolysis) is 1. The summed E-state index contributed by atoms with van der Waals surface area (Å²) >= 11 is 0. The lowest BCUT2D eigenvalue weighted by Crippen LogP contribution is -2.55. The summed E-state index contributed by atoms with van der Waals surface area (Å²) in [4.78, 5) is 49.9. The fraction of sp³-hybridized carbons (Fsp3) is 0.565. The van der Waals surface area contributed by atoms with E-state index < -0.39 is 59.7 Å². The van der Waals surface area contributed by atoms with Crippen LogP contribution in [0.4, 0.5) is 4.79 Å². The number of carbonyl (C=O) groups excluding carboxylic acids is 4. The summed E-state index contributed by atoms with van der Waals surface area (Å²) < 4.78 is 15.1. The maximum Gasteiger partial charge on any atom is 0.408 e. The zero-order valence-corrected chi connectivity index (χ0v) is 20.1. The van der Waals surface area contributed by atoms with Gasteiger partial charge in [0.25, 0.3) is 0 Å². The average Bonchev–Trinajstić information content (AvgIpc) is 2.68. The van der Waals surface area contributed by atoms with E-state index in [9.17, 15) is 24.3 Å². The molecule has 0 aliphatic rings. The molecule has 0 bridgehead atoms. The first-order valence-electron chi connectivity index (χ1n) is 10.5. The second-order valence-electron chi connectivity index (χ2n) is 9.35. The van der Waals surface area contributed by atoms with E-state index in [1.54, 1.807) is 71.9 Å². The lowest BCUT2D eigenvalue weighted by Gasteiger charge is -2.27. The van der Waals surface area contributed by atoms with E-state index in [0.717, 1.165) is 7.11 Å². The quantitative estimate of drug-likeness (QED) is 0.390. The Balaban J connectivity index is 3.11. The Labute approximate surface area is 194 Å². The van der Waals surface area contributed by atoms with Gasteiger partial charge in [0.2, 0.25) is 5.91 Å². The minimum absolute atomic E-state index is 0.358. The van der Waals surface area contributed by atoms with Crippen LogP contribution in [0.15, 0.2) is 30.3 Å². The van der Waals surface area contributed by atoms with Gasteiger partial charge in [0.1, 0.15) is 23.3 Å². The molecule has 33 heavy (non-hydrogen) atoms. The van der Waals surface area contributed by atoms with Crippen molar-refractivity contribution < 1.29 is 38.5 Å². The van der Waals surface area contributed by atoms with Crippen molar-refractivity contribution in [2.24, 2.45) is 0 Å². The van der Waals surface area contributed by atoms with Crippen LogP contribution in [0.25, 0.3) is 0 Å². The minimum atomic E-state index is -1.49. The first-order chi connectivity index (χ1) is 15.1. The molecule has 2 amide bonds. The van der Waals surface area contributed by atoms with Gasteiger partial charge in [0, 0.05) is 0 Å². The van der Waals surface area contributed by atoms with E-state index >= 15 is 0 Å². The van der Waals surface area contributed by atoms with E-state index in [1.165, 1.54) is 0 Å². The fourth-order valence-corrected chi connectivity index (χ4v) is 2.70. The molecule has 10 nitrogen and oxygen atoms in total. The molecule has 184 valence electrons. The molecular weight excluding hydrogens is 432 g/mol. The van der Waals surface area contributed by atoms with Gasteiger partial charge in [-0.15, -0.1) is 0 Å². The third-order valence-corrected chi connectivity index (χ3v) is 4.01. The van der Waals surface area contributed by atoms with Crippen molar-refractivity contribution in [3.63, 3.8) is 0 Å². The maximum atomic E-state index is 13.0. The van der Waals surface area contributed by atoms with Crippen LogP contribution in [0.2, 0.25) is 0 Å². The number of carbonyl (C=O) groups is 4. The Morgan fingerprint density at radius 1 is 0.909 bits per heavy atom. The summed E-state index contributed by atoms with van der Waals surface area (Å²) in [5.74, 6) is -2.57. The van der Waals surface area contributed by atoms with Gasteiger partial charge in [-0.3, -0.25) is 9.59 Å². The minimum Gasteiger partial charge on any atom is -0.467 e. The number of hydrogen-bond acceptors (Lipinski definition) is 8. The van der Waals surface area contributed by atoms with Gasteiger partial charge >= 0.3 is 18.0 Å². The number of nitrogens with one attached hydrogen (secondary N) is 2. The van der Waals surface area contributed by atoms with Crippen LogP contribution in [-0.4, -0.2) is 59.4 Å². The lowest BCUT2D eigenvalue weighted by atomic mass is 10.0. The fourth-order valence-electron chi connectivity index (χ4n) is 2.70. The number of amides is 2. The molecular formula is C23H34N2O8. The Kier molecular flexibility index (Phi) is 9.84. The van der Waals surface area contributed by atoms with Crippen molar-refractivity contribution in [2.75, 3.05) is 7.11 Å². The van der Waals surface area contributed by atoms with E-state index in [-0.39, 0.29) is 0 Å². The van der Waals surface area contributed by atoms with E-state index in [1.807, 2.05) is 0 Å². The van der Waals surface area contributed by atoms with Gasteiger partial charge in [-0.1, -0.05) is 30.3 Å². The molecule has 0 aliphatic carbocycles. The first kappa shape index (κ1) is 27.9. The van der Waals surface area contributed by atoms with E-state index in [2.05, 4.69) is 10.6 Å². The van der Waals surface area contributed by atoms with Crippen molar-refractivity contribution in [1.82, 2.24) is 10.6 Å². The van der Waals surface area contributed by atoms with Crippen molar-refractivity contribution in [3.05, 3.63) is 35.9 Å². The molecule has 3 N–H and O–H groups in total. The summed E-state index contributed by atoms with van der Waals surface area (Å²) in [6.07, 6.45) is -2.91. The molecule has 0 aromatic heterocycles. The highest BCUT2D eigenvalue weighted by molar-refractivity contribution is 5.92. The molecule has 1 aromatic carbocycles. The SMILES string of the molecule is COC(=O)C(NC(=O)C(CC(=O)OC(C)(C)C)NC(=O)OC(C)(C)C)C(O)c1ccccc1. The number of esters is 2. The third kappa shape index (κ3) is 10.3. The van der Waals surface area contributed by atoms with E-state index in [0.29, 0.717) is 5.56 Å². The predicted octanol–water partition coefficient (Wildman–Crippen LogP) is 2.00. The highest BCUT2D eigenvalue weighted by Gasteiger charge is 2.35. The second kappa shape index (κ2) is 11.6. The molecule has 0 heterocycles. The summed E-state index contributed by atoms with van der Waals surface area (Å²) in [6.45, 7) is 9.89. The number of benzene rings is 1. The molecule has 1 aromatic rings. The monoisotopic (exact) mass is 466 g/mol. The molecule has 10 heteroatoms. The van der Waals surface area contributed by atoms with Crippen LogP contribution < -0.4 is 10.6 Å². The van der Waals surface area contributed by atoms with Gasteiger partial charge in [0.05, 0.1) is 13.5 Å². The topological polar surface area (TPSA) is 140 Å². The highest BCUT2D eigenvalue weighted by atomic mass is 16.6. The molecule has 3 atom stereocenters. The number of aliphatic hydroxyl groups excluding tert-OH is 1. The number of hydrogen-bond donors (Lipinski definition) is 3. The number of methoxy groups -OCH3 is 1. The molecule has 3 unspecified atom stereocenters. The standard InChI is InChI=1S/C23H34N2O8/c1-22(2,3)32-16(26)13-15(24-21(30)33-23(4,5)6)19(28)25-17(20(29)31-7)18(27)14-11-9-8-10-12-14/h8-12,15,17-18,27H,13H2,1-7H3,(H,24,30)(H,25,28). The van der Waals surface area contributed by atoms with Crippen LogP contribution in [0.5, 0.6) is 0 Å². The number of aliphatic hydroxyl groups is 1. The molecule has 0 saturated carbocycles. The van der Waals surface area contributed by atoms with Gasteiger partial charge in [-0.2, -0.15) is 0 Å². The Bertz CT molecular complexity index is 797. The second-order valence-corrected chi connectivity index (χ2v) is 9.35. The van der Waals surface area contributed by atoms with Gasteiger partial charge in [-0.05, 0) is 47.1 Å². The Hall–Kier alpha value is -3.14. The summed E-state index contributed by atoms with van der Waals surface area (Å²) in [7, 11) is 1.11. The maximum absolute atomic E-state index is 13.0. The third-order valence-electron chi connectivity index (χ3n) is 4.01. The highest BCUT2D eigenvalue weighted by Crippen LogP contribution is 2.18. The summed E-state index contributed by atoms with van der Waals surface area (Å²) in [5.41, 5.74) is -1.31. The first-order valence-corrected chi connectivity index (χ1v) is 10.5. The summed E-state index contributed by atoms with van der Waals surface area (Å²) in [5, 5.41) is 15.3. The van der Waals surface area contributed by atoms with Crippen LogP contribution in [0.1, 0.15) is 59.6 Å². The van der Waals surface area contributed by atoms with Crippen LogP contribution >= 0.6 is 0 Å². The molecule has 0 fully saturated rings. The van der Waals surface area contributed by atoms with Crippen molar-refractivity contribution in [2.45, 2.75) is 77.4 Å². The summed E-state index contributed by atoms with van der Waals surface area (Å²) in [6, 6.07) is 5.25. The molecule has 0 spiro atoms. The molecule has 0 aliphatic heterocycles. The Morgan fingerprint density at radius 2 is 1.45 bits per heavy atom. The zero-order valence-electron chi connectivity index (χ0n) is 20.1. The number of ether oxygens (including phenoxy) is 3. The van der Waals surface area contributed by atoms with Gasteiger partial charge < -0.3 is 30.0 Å². The molecule has 0 radical (unpaired) electrons. The van der Waals surface area contributed by atoms with Crippen LogP contribution in [0.3, 0.4) is 0 Å². The van der Waals surface area contributed by atoms with Crippen molar-refractivity contribution in [1.29, 1.82) is 0 Å². The zero-order chi connectivity index (χ0) is 25.4. The van der Waals surface area contributed by atoms with Gasteiger partial charge in [-0.25, -0.2) is 9.59 Å².